The fraction of sp³-hybridized carbons (Fsp3) is 0.0980. The van der Waals surface area contributed by atoms with E-state index in [-0.39, 0.29) is 5.41 Å². The third-order valence-corrected chi connectivity index (χ3v) is 11.5. The molecule has 1 unspecified atom stereocenters. The Bertz CT molecular complexity index is 2510. The van der Waals surface area contributed by atoms with Crippen LogP contribution in [0.4, 0.5) is 11.4 Å². The van der Waals surface area contributed by atoms with Crippen LogP contribution in [0.2, 0.25) is 0 Å². The van der Waals surface area contributed by atoms with Crippen molar-refractivity contribution in [1.82, 2.24) is 0 Å². The molecule has 0 fully saturated rings. The molecule has 0 aromatic heterocycles. The van der Waals surface area contributed by atoms with Gasteiger partial charge in [0.15, 0.2) is 0 Å². The molecule has 0 radical (unpaired) electrons. The van der Waals surface area contributed by atoms with Crippen molar-refractivity contribution in [3.05, 3.63) is 204 Å². The molecule has 10 rings (SSSR count). The summed E-state index contributed by atoms with van der Waals surface area (Å²) in [5, 5.41) is 0. The van der Waals surface area contributed by atoms with Crippen LogP contribution in [-0.4, -0.2) is 0 Å². The lowest BCUT2D eigenvalue weighted by atomic mass is 9.81. The number of allylic oxidation sites excluding steroid dienone is 4. The van der Waals surface area contributed by atoms with E-state index in [9.17, 15) is 0 Å². The first-order valence-electron chi connectivity index (χ1n) is 18.4. The summed E-state index contributed by atoms with van der Waals surface area (Å²) in [6.07, 6.45) is 7.86. The van der Waals surface area contributed by atoms with Gasteiger partial charge in [0.1, 0.15) is 0 Å². The molecule has 0 saturated carbocycles. The first kappa shape index (κ1) is 30.6. The largest absolute Gasteiger partial charge is 0.313 e. The van der Waals surface area contributed by atoms with E-state index in [1.54, 1.807) is 0 Å². The lowest BCUT2D eigenvalue weighted by Crippen LogP contribution is -2.14. The molecule has 1 atom stereocenters. The van der Waals surface area contributed by atoms with Crippen molar-refractivity contribution in [3.8, 4) is 55.6 Å². The SMILES string of the molecule is CC1(C)c2ccccc2-c2ccc(-c3cccc(-c4ccc5c(c4)C4CC=CC=C4N5c4cc(-c5ccccc5)cc(-c5ccccc5)c4)c3)cc21. The van der Waals surface area contributed by atoms with Gasteiger partial charge in [0, 0.05) is 28.4 Å². The van der Waals surface area contributed by atoms with Crippen molar-refractivity contribution in [2.75, 3.05) is 4.90 Å². The third-order valence-electron chi connectivity index (χ3n) is 11.5. The van der Waals surface area contributed by atoms with E-state index < -0.39 is 0 Å². The Morgan fingerprint density at radius 1 is 0.481 bits per heavy atom. The van der Waals surface area contributed by atoms with E-state index in [0.29, 0.717) is 5.92 Å². The van der Waals surface area contributed by atoms with Crippen molar-refractivity contribution < 1.29 is 0 Å². The summed E-state index contributed by atoms with van der Waals surface area (Å²) >= 11 is 0. The maximum Gasteiger partial charge on any atom is 0.0498 e. The van der Waals surface area contributed by atoms with Crippen molar-refractivity contribution in [1.29, 1.82) is 0 Å². The van der Waals surface area contributed by atoms with Gasteiger partial charge in [-0.05, 0) is 127 Å². The Labute approximate surface area is 306 Å². The van der Waals surface area contributed by atoms with E-state index in [1.807, 2.05) is 0 Å². The predicted molar refractivity (Wildman–Crippen MR) is 219 cm³/mol. The predicted octanol–water partition coefficient (Wildman–Crippen LogP) is 13.7. The van der Waals surface area contributed by atoms with Crippen LogP contribution in [0.5, 0.6) is 0 Å². The summed E-state index contributed by atoms with van der Waals surface area (Å²) in [7, 11) is 0. The van der Waals surface area contributed by atoms with Gasteiger partial charge in [0.2, 0.25) is 0 Å². The molecule has 0 amide bonds. The average molecular weight is 666 g/mol. The van der Waals surface area contributed by atoms with Gasteiger partial charge in [-0.25, -0.2) is 0 Å². The van der Waals surface area contributed by atoms with Gasteiger partial charge in [-0.2, -0.15) is 0 Å². The molecule has 248 valence electrons. The second kappa shape index (κ2) is 12.0. The quantitative estimate of drug-likeness (QED) is 0.177. The standard InChI is InChI=1S/C51H39N/c1-51(2)47-22-11-9-20-43(47)44-26-24-39(33-48(44)51)37-19-13-18-36(28-37)38-25-27-50-46(32-38)45-21-10-12-23-49(45)52(50)42-30-40(34-14-5-3-6-15-34)29-41(31-42)35-16-7-4-8-17-35/h3-20,22-33,45H,21H2,1-2H3. The van der Waals surface area contributed by atoms with E-state index in [4.69, 9.17) is 0 Å². The number of nitrogens with zero attached hydrogens (tertiary/aromatic N) is 1. The monoisotopic (exact) mass is 665 g/mol. The molecule has 1 nitrogen and oxygen atoms in total. The van der Waals surface area contributed by atoms with Crippen LogP contribution in [0.1, 0.15) is 42.9 Å². The summed E-state index contributed by atoms with van der Waals surface area (Å²) in [5.74, 6) is 0.310. The lowest BCUT2D eigenvalue weighted by molar-refractivity contribution is 0.660. The molecule has 0 N–H and O–H groups in total. The Morgan fingerprint density at radius 3 is 1.79 bits per heavy atom. The van der Waals surface area contributed by atoms with Gasteiger partial charge in [-0.3, -0.25) is 0 Å². The smallest absolute Gasteiger partial charge is 0.0498 e. The number of anilines is 2. The van der Waals surface area contributed by atoms with Gasteiger partial charge >= 0.3 is 0 Å². The van der Waals surface area contributed by atoms with Crippen molar-refractivity contribution >= 4 is 11.4 Å². The average Bonchev–Trinajstić information content (AvgIpc) is 3.66. The number of hydrogen-bond acceptors (Lipinski definition) is 1. The Morgan fingerprint density at radius 2 is 1.06 bits per heavy atom. The highest BCUT2D eigenvalue weighted by atomic mass is 15.2. The molecule has 0 saturated heterocycles. The molecule has 2 aliphatic carbocycles. The maximum atomic E-state index is 2.51. The molecular formula is C51H39N. The molecule has 7 aromatic rings. The molecule has 1 heterocycles. The Hall–Kier alpha value is -6.18. The Balaban J connectivity index is 1.05. The van der Waals surface area contributed by atoms with Gasteiger partial charge in [-0.1, -0.05) is 147 Å². The molecule has 7 aromatic carbocycles. The van der Waals surface area contributed by atoms with Gasteiger partial charge in [0.05, 0.1) is 0 Å². The zero-order valence-electron chi connectivity index (χ0n) is 29.6. The molecule has 1 aliphatic heterocycles. The zero-order valence-corrected chi connectivity index (χ0v) is 29.6. The van der Waals surface area contributed by atoms with E-state index in [2.05, 4.69) is 201 Å². The van der Waals surface area contributed by atoms with Crippen molar-refractivity contribution in [2.45, 2.75) is 31.6 Å². The van der Waals surface area contributed by atoms with E-state index in [1.165, 1.54) is 89.4 Å². The van der Waals surface area contributed by atoms with Crippen molar-refractivity contribution in [3.63, 3.8) is 0 Å². The number of benzene rings is 7. The van der Waals surface area contributed by atoms with E-state index >= 15 is 0 Å². The first-order chi connectivity index (χ1) is 25.5. The fourth-order valence-electron chi connectivity index (χ4n) is 8.88. The second-order valence-electron chi connectivity index (χ2n) is 14.9. The maximum absolute atomic E-state index is 2.51. The van der Waals surface area contributed by atoms with Gasteiger partial charge < -0.3 is 4.90 Å². The summed E-state index contributed by atoms with van der Waals surface area (Å²) in [6.45, 7) is 4.71. The highest BCUT2D eigenvalue weighted by Gasteiger charge is 2.36. The Kier molecular flexibility index (Phi) is 7.05. The minimum Gasteiger partial charge on any atom is -0.313 e. The highest BCUT2D eigenvalue weighted by Crippen LogP contribution is 2.53. The summed E-state index contributed by atoms with van der Waals surface area (Å²) < 4.78 is 0. The van der Waals surface area contributed by atoms with Crippen LogP contribution in [0.25, 0.3) is 55.6 Å². The second-order valence-corrected chi connectivity index (χ2v) is 14.9. The number of fused-ring (bicyclic) bond motifs is 6. The third kappa shape index (κ3) is 4.92. The zero-order chi connectivity index (χ0) is 34.8. The van der Waals surface area contributed by atoms with Crippen LogP contribution < -0.4 is 4.90 Å². The summed E-state index contributed by atoms with van der Waals surface area (Å²) in [6, 6.07) is 60.7. The first-order valence-corrected chi connectivity index (χ1v) is 18.4. The normalized spacial score (nSPS) is 16.2. The highest BCUT2D eigenvalue weighted by molar-refractivity contribution is 5.88. The topological polar surface area (TPSA) is 3.24 Å². The minimum absolute atomic E-state index is 0.0203. The van der Waals surface area contributed by atoms with Crippen LogP contribution in [0.15, 0.2) is 188 Å². The molecule has 1 heteroatoms. The van der Waals surface area contributed by atoms with Crippen LogP contribution >= 0.6 is 0 Å². The van der Waals surface area contributed by atoms with Gasteiger partial charge in [0.25, 0.3) is 0 Å². The summed E-state index contributed by atoms with van der Waals surface area (Å²) in [4.78, 5) is 2.51. The summed E-state index contributed by atoms with van der Waals surface area (Å²) in [5.41, 5.74) is 20.6. The lowest BCUT2D eigenvalue weighted by Gasteiger charge is -2.26. The molecule has 3 aliphatic rings. The number of hydrogen-bond donors (Lipinski definition) is 0. The minimum atomic E-state index is -0.0203. The van der Waals surface area contributed by atoms with E-state index in [0.717, 1.165) is 6.42 Å². The van der Waals surface area contributed by atoms with Crippen molar-refractivity contribution in [2.24, 2.45) is 0 Å². The van der Waals surface area contributed by atoms with Crippen LogP contribution in [0.3, 0.4) is 0 Å². The molecule has 0 spiro atoms. The van der Waals surface area contributed by atoms with Crippen LogP contribution in [0, 0.1) is 0 Å². The van der Waals surface area contributed by atoms with Crippen LogP contribution in [-0.2, 0) is 5.41 Å². The fourth-order valence-corrected chi connectivity index (χ4v) is 8.88. The molecular weight excluding hydrogens is 627 g/mol. The van der Waals surface area contributed by atoms with Gasteiger partial charge in [-0.15, -0.1) is 0 Å². The number of rotatable bonds is 5. The molecule has 52 heavy (non-hydrogen) atoms. The molecule has 0 bridgehead atoms.